The van der Waals surface area contributed by atoms with Crippen LogP contribution in [0.25, 0.3) is 0 Å². The summed E-state index contributed by atoms with van der Waals surface area (Å²) in [5, 5.41) is 12.4. The van der Waals surface area contributed by atoms with Gasteiger partial charge in [-0.2, -0.15) is 0 Å². The summed E-state index contributed by atoms with van der Waals surface area (Å²) in [5.41, 5.74) is 3.11. The Morgan fingerprint density at radius 2 is 2.22 bits per heavy atom. The summed E-state index contributed by atoms with van der Waals surface area (Å²) in [6.45, 7) is 2.07. The smallest absolute Gasteiger partial charge is 0.123 e. The molecule has 18 heavy (non-hydrogen) atoms. The van der Waals surface area contributed by atoms with Gasteiger partial charge in [-0.05, 0) is 69.8 Å². The van der Waals surface area contributed by atoms with Gasteiger partial charge in [-0.3, -0.25) is 0 Å². The van der Waals surface area contributed by atoms with Gasteiger partial charge >= 0.3 is 0 Å². The number of fused-ring (bicyclic) bond motifs is 1. The van der Waals surface area contributed by atoms with Crippen LogP contribution in [0.5, 0.6) is 5.75 Å². The van der Waals surface area contributed by atoms with E-state index in [1.807, 2.05) is 23.6 Å². The van der Waals surface area contributed by atoms with Crippen molar-refractivity contribution in [3.8, 4) is 5.75 Å². The molecule has 1 aliphatic rings. The van der Waals surface area contributed by atoms with Crippen molar-refractivity contribution in [2.75, 3.05) is 0 Å². The lowest BCUT2D eigenvalue weighted by molar-refractivity contribution is 0.220. The predicted molar refractivity (Wildman–Crippen MR) is 81.3 cm³/mol. The van der Waals surface area contributed by atoms with Crippen molar-refractivity contribution < 1.29 is 9.84 Å². The third-order valence-electron chi connectivity index (χ3n) is 3.14. The zero-order chi connectivity index (χ0) is 12.7. The van der Waals surface area contributed by atoms with E-state index in [9.17, 15) is 5.11 Å². The lowest BCUT2D eigenvalue weighted by Gasteiger charge is -2.10. The van der Waals surface area contributed by atoms with E-state index < -0.39 is 6.10 Å². The highest BCUT2D eigenvalue weighted by molar-refractivity contribution is 14.1. The second kappa shape index (κ2) is 4.83. The Balaban J connectivity index is 1.91. The van der Waals surface area contributed by atoms with Gasteiger partial charge in [0, 0.05) is 6.42 Å². The molecule has 1 aromatic heterocycles. The number of hydrogen-bond donors (Lipinski definition) is 1. The number of benzene rings is 1. The molecular formula is C14H13IO2S. The fourth-order valence-corrected chi connectivity index (χ4v) is 3.66. The largest absolute Gasteiger partial charge is 0.490 e. The van der Waals surface area contributed by atoms with Gasteiger partial charge < -0.3 is 9.84 Å². The summed E-state index contributed by atoms with van der Waals surface area (Å²) >= 11 is 3.93. The van der Waals surface area contributed by atoms with Crippen LogP contribution < -0.4 is 4.74 Å². The number of ether oxygens (including phenoxy) is 1. The van der Waals surface area contributed by atoms with E-state index in [0.717, 1.165) is 23.3 Å². The summed E-state index contributed by atoms with van der Waals surface area (Å²) in [4.78, 5) is 0. The maximum atomic E-state index is 10.4. The van der Waals surface area contributed by atoms with E-state index in [2.05, 4.69) is 35.6 Å². The lowest BCUT2D eigenvalue weighted by Crippen LogP contribution is -2.05. The fourth-order valence-electron chi connectivity index (χ4n) is 2.27. The van der Waals surface area contributed by atoms with Crippen LogP contribution in [-0.4, -0.2) is 11.2 Å². The average Bonchev–Trinajstić information content (AvgIpc) is 2.92. The minimum absolute atomic E-state index is 0.245. The molecule has 2 heterocycles. The molecule has 2 aromatic rings. The first-order chi connectivity index (χ1) is 8.63. The highest BCUT2D eigenvalue weighted by atomic mass is 127. The maximum Gasteiger partial charge on any atom is 0.123 e. The van der Waals surface area contributed by atoms with Gasteiger partial charge in [0.05, 0.1) is 2.88 Å². The number of thiophene rings is 1. The highest BCUT2D eigenvalue weighted by Crippen LogP contribution is 2.33. The molecule has 3 rings (SSSR count). The third kappa shape index (κ3) is 2.29. The Morgan fingerprint density at radius 3 is 2.94 bits per heavy atom. The molecule has 0 radical (unpaired) electrons. The molecule has 0 spiro atoms. The minimum Gasteiger partial charge on any atom is -0.490 e. The molecule has 0 amide bonds. The van der Waals surface area contributed by atoms with Gasteiger partial charge in [0.2, 0.25) is 0 Å². The molecule has 94 valence electrons. The molecule has 2 atom stereocenters. The Labute approximate surface area is 124 Å². The molecular weight excluding hydrogens is 359 g/mol. The zero-order valence-corrected chi connectivity index (χ0v) is 12.9. The van der Waals surface area contributed by atoms with Gasteiger partial charge in [-0.25, -0.2) is 0 Å². The second-order valence-corrected chi connectivity index (χ2v) is 7.39. The fraction of sp³-hybridized carbons (Fsp3) is 0.286. The van der Waals surface area contributed by atoms with Crippen LogP contribution in [0.2, 0.25) is 0 Å². The van der Waals surface area contributed by atoms with E-state index in [1.54, 1.807) is 11.3 Å². The van der Waals surface area contributed by atoms with Crippen molar-refractivity contribution in [1.82, 2.24) is 0 Å². The van der Waals surface area contributed by atoms with E-state index in [1.165, 1.54) is 8.45 Å². The maximum absolute atomic E-state index is 10.4. The summed E-state index contributed by atoms with van der Waals surface area (Å²) in [5.74, 6) is 0.957. The topological polar surface area (TPSA) is 29.5 Å². The van der Waals surface area contributed by atoms with Gasteiger partial charge in [0.25, 0.3) is 0 Å². The van der Waals surface area contributed by atoms with Crippen molar-refractivity contribution in [3.63, 3.8) is 0 Å². The lowest BCUT2D eigenvalue weighted by atomic mass is 10.0. The van der Waals surface area contributed by atoms with Crippen LogP contribution in [0.3, 0.4) is 0 Å². The molecule has 2 unspecified atom stereocenters. The first-order valence-electron chi connectivity index (χ1n) is 5.85. The zero-order valence-electron chi connectivity index (χ0n) is 9.89. The first kappa shape index (κ1) is 12.4. The predicted octanol–water partition coefficient (Wildman–Crippen LogP) is 3.76. The summed E-state index contributed by atoms with van der Waals surface area (Å²) in [6, 6.07) is 8.01. The van der Waals surface area contributed by atoms with Crippen LogP contribution in [0, 0.1) is 2.88 Å². The molecule has 1 aliphatic heterocycles. The van der Waals surface area contributed by atoms with E-state index in [4.69, 9.17) is 4.74 Å². The number of rotatable bonds is 2. The van der Waals surface area contributed by atoms with E-state index >= 15 is 0 Å². The van der Waals surface area contributed by atoms with Crippen LogP contribution in [0.1, 0.15) is 29.7 Å². The highest BCUT2D eigenvalue weighted by Gasteiger charge is 2.21. The van der Waals surface area contributed by atoms with Gasteiger partial charge in [0.1, 0.15) is 18.0 Å². The Kier molecular flexibility index (Phi) is 3.34. The van der Waals surface area contributed by atoms with Crippen molar-refractivity contribution in [2.24, 2.45) is 0 Å². The molecule has 1 aromatic carbocycles. The average molecular weight is 372 g/mol. The molecule has 0 saturated carbocycles. The Bertz CT molecular complexity index is 579. The molecule has 0 fully saturated rings. The Hall–Kier alpha value is -0.590. The summed E-state index contributed by atoms with van der Waals surface area (Å²) in [7, 11) is 0. The number of hydrogen-bond acceptors (Lipinski definition) is 3. The summed E-state index contributed by atoms with van der Waals surface area (Å²) in [6.07, 6.45) is 0.636. The van der Waals surface area contributed by atoms with E-state index in [-0.39, 0.29) is 6.10 Å². The quantitative estimate of drug-likeness (QED) is 0.814. The first-order valence-corrected chi connectivity index (χ1v) is 7.81. The van der Waals surface area contributed by atoms with Crippen LogP contribution >= 0.6 is 33.9 Å². The van der Waals surface area contributed by atoms with Crippen LogP contribution in [0.4, 0.5) is 0 Å². The number of aliphatic hydroxyl groups excluding tert-OH is 1. The van der Waals surface area contributed by atoms with Crippen molar-refractivity contribution in [3.05, 3.63) is 49.2 Å². The SMILES string of the molecule is CC1Cc2cc(C(O)c3csc(I)c3)ccc2O1. The van der Waals surface area contributed by atoms with Crippen molar-refractivity contribution in [2.45, 2.75) is 25.6 Å². The minimum atomic E-state index is -0.536. The summed E-state index contributed by atoms with van der Waals surface area (Å²) < 4.78 is 6.86. The van der Waals surface area contributed by atoms with Gasteiger partial charge in [-0.15, -0.1) is 11.3 Å². The molecule has 0 aliphatic carbocycles. The molecule has 0 saturated heterocycles. The Morgan fingerprint density at radius 1 is 1.39 bits per heavy atom. The second-order valence-electron chi connectivity index (χ2n) is 4.59. The normalized spacial score (nSPS) is 19.4. The molecule has 1 N–H and O–H groups in total. The number of aliphatic hydroxyl groups is 1. The van der Waals surface area contributed by atoms with Crippen molar-refractivity contribution in [1.29, 1.82) is 0 Å². The van der Waals surface area contributed by atoms with Crippen molar-refractivity contribution >= 4 is 33.9 Å². The molecule has 0 bridgehead atoms. The third-order valence-corrected chi connectivity index (χ3v) is 4.95. The molecule has 4 heteroatoms. The monoisotopic (exact) mass is 372 g/mol. The number of halogens is 1. The standard InChI is InChI=1S/C14H13IO2S/c1-8-4-10-5-9(2-3-12(10)17-8)14(16)11-6-13(15)18-7-11/h2-3,5-8,14,16H,4H2,1H3. The van der Waals surface area contributed by atoms with Gasteiger partial charge in [-0.1, -0.05) is 6.07 Å². The van der Waals surface area contributed by atoms with E-state index in [0.29, 0.717) is 0 Å². The van der Waals surface area contributed by atoms with Gasteiger partial charge in [0.15, 0.2) is 0 Å². The van der Waals surface area contributed by atoms with Crippen LogP contribution in [0.15, 0.2) is 29.6 Å². The molecule has 2 nitrogen and oxygen atoms in total. The van der Waals surface area contributed by atoms with Crippen LogP contribution in [-0.2, 0) is 6.42 Å².